The molecular formula is C12H13ClS. The minimum absolute atomic E-state index is 0.907. The van der Waals surface area contributed by atoms with Gasteiger partial charge >= 0.3 is 0 Å². The number of fused-ring (bicyclic) bond motifs is 1. The monoisotopic (exact) mass is 224 g/mol. The molecule has 74 valence electrons. The molecule has 0 saturated carbocycles. The van der Waals surface area contributed by atoms with E-state index in [1.807, 2.05) is 0 Å². The lowest BCUT2D eigenvalue weighted by molar-refractivity contribution is 1.14. The summed E-state index contributed by atoms with van der Waals surface area (Å²) in [5.41, 5.74) is 2.70. The second-order valence-electron chi connectivity index (χ2n) is 3.41. The highest BCUT2D eigenvalue weighted by molar-refractivity contribution is 7.17. The van der Waals surface area contributed by atoms with Gasteiger partial charge in [-0.3, -0.25) is 0 Å². The predicted molar refractivity (Wildman–Crippen MR) is 65.6 cm³/mol. The Balaban J connectivity index is 2.70. The Morgan fingerprint density at radius 1 is 1.14 bits per heavy atom. The van der Waals surface area contributed by atoms with Crippen LogP contribution in [0, 0.1) is 0 Å². The number of hydrogen-bond acceptors (Lipinski definition) is 1. The Labute approximate surface area is 93.5 Å². The van der Waals surface area contributed by atoms with Gasteiger partial charge in [-0.1, -0.05) is 25.4 Å². The Bertz CT molecular complexity index is 457. The number of hydrogen-bond donors (Lipinski definition) is 0. The Hall–Kier alpha value is -0.530. The van der Waals surface area contributed by atoms with E-state index in [4.69, 9.17) is 11.6 Å². The molecule has 0 atom stereocenters. The molecule has 0 saturated heterocycles. The second-order valence-corrected chi connectivity index (χ2v) is 4.73. The highest BCUT2D eigenvalue weighted by atomic mass is 35.5. The van der Waals surface area contributed by atoms with Gasteiger partial charge in [0.15, 0.2) is 0 Å². The van der Waals surface area contributed by atoms with Crippen molar-refractivity contribution in [1.82, 2.24) is 0 Å². The molecule has 0 aliphatic carbocycles. The van der Waals surface area contributed by atoms with Crippen LogP contribution in [0.1, 0.15) is 25.0 Å². The zero-order valence-corrected chi connectivity index (χ0v) is 10.0. The van der Waals surface area contributed by atoms with E-state index in [1.165, 1.54) is 21.2 Å². The summed E-state index contributed by atoms with van der Waals surface area (Å²) in [4.78, 5) is 0. The van der Waals surface area contributed by atoms with Crippen molar-refractivity contribution in [2.24, 2.45) is 0 Å². The van der Waals surface area contributed by atoms with Crippen LogP contribution in [0.25, 0.3) is 10.1 Å². The van der Waals surface area contributed by atoms with Gasteiger partial charge in [0.25, 0.3) is 0 Å². The molecule has 0 fully saturated rings. The first-order valence-corrected chi connectivity index (χ1v) is 6.20. The maximum atomic E-state index is 6.16. The van der Waals surface area contributed by atoms with Crippen LogP contribution in [-0.4, -0.2) is 0 Å². The van der Waals surface area contributed by atoms with Crippen LogP contribution in [0.4, 0.5) is 0 Å². The highest BCUT2D eigenvalue weighted by Gasteiger charge is 2.06. The molecule has 0 aliphatic heterocycles. The molecule has 0 aliphatic rings. The zero-order chi connectivity index (χ0) is 10.1. The van der Waals surface area contributed by atoms with Crippen LogP contribution in [0.3, 0.4) is 0 Å². The number of benzene rings is 1. The molecule has 0 bridgehead atoms. The molecule has 0 radical (unpaired) electrons. The highest BCUT2D eigenvalue weighted by Crippen LogP contribution is 2.31. The van der Waals surface area contributed by atoms with Crippen molar-refractivity contribution in [3.8, 4) is 0 Å². The molecule has 1 heterocycles. The van der Waals surface area contributed by atoms with Crippen molar-refractivity contribution in [2.45, 2.75) is 26.7 Å². The minimum Gasteiger partial charge on any atom is -0.143 e. The molecule has 0 unspecified atom stereocenters. The second kappa shape index (κ2) is 3.92. The number of aryl methyl sites for hydroxylation is 2. The fourth-order valence-electron chi connectivity index (χ4n) is 1.69. The summed E-state index contributed by atoms with van der Waals surface area (Å²) in [7, 11) is 0. The van der Waals surface area contributed by atoms with Gasteiger partial charge in [0.2, 0.25) is 0 Å². The van der Waals surface area contributed by atoms with Crippen molar-refractivity contribution < 1.29 is 0 Å². The SMILES string of the molecule is CCc1cc2c(CC)csc2cc1Cl. The van der Waals surface area contributed by atoms with E-state index in [9.17, 15) is 0 Å². The van der Waals surface area contributed by atoms with E-state index in [0.29, 0.717) is 0 Å². The van der Waals surface area contributed by atoms with Gasteiger partial charge in [-0.05, 0) is 46.9 Å². The Kier molecular flexibility index (Phi) is 2.80. The van der Waals surface area contributed by atoms with Gasteiger partial charge in [0, 0.05) is 9.72 Å². The summed E-state index contributed by atoms with van der Waals surface area (Å²) in [6, 6.07) is 4.34. The van der Waals surface area contributed by atoms with Crippen molar-refractivity contribution in [1.29, 1.82) is 0 Å². The molecule has 14 heavy (non-hydrogen) atoms. The van der Waals surface area contributed by atoms with Gasteiger partial charge in [0.05, 0.1) is 0 Å². The van der Waals surface area contributed by atoms with Gasteiger partial charge in [-0.15, -0.1) is 11.3 Å². The standard InChI is InChI=1S/C12H13ClS/c1-3-8-5-10-9(4-2)7-14-12(10)6-11(8)13/h5-7H,3-4H2,1-2H3. The Morgan fingerprint density at radius 3 is 2.50 bits per heavy atom. The average molecular weight is 225 g/mol. The lowest BCUT2D eigenvalue weighted by Gasteiger charge is -2.02. The molecule has 1 aromatic carbocycles. The van der Waals surface area contributed by atoms with Crippen LogP contribution in [-0.2, 0) is 12.8 Å². The van der Waals surface area contributed by atoms with Crippen molar-refractivity contribution in [3.05, 3.63) is 33.7 Å². The van der Waals surface area contributed by atoms with Crippen LogP contribution >= 0.6 is 22.9 Å². The largest absolute Gasteiger partial charge is 0.143 e. The van der Waals surface area contributed by atoms with E-state index in [-0.39, 0.29) is 0 Å². The third-order valence-electron chi connectivity index (χ3n) is 2.58. The van der Waals surface area contributed by atoms with E-state index < -0.39 is 0 Å². The Morgan fingerprint density at radius 2 is 1.86 bits per heavy atom. The van der Waals surface area contributed by atoms with Gasteiger partial charge in [0.1, 0.15) is 0 Å². The first-order valence-electron chi connectivity index (χ1n) is 4.94. The third kappa shape index (κ3) is 1.55. The van der Waals surface area contributed by atoms with Gasteiger partial charge < -0.3 is 0 Å². The van der Waals surface area contributed by atoms with E-state index >= 15 is 0 Å². The van der Waals surface area contributed by atoms with Crippen LogP contribution in [0.5, 0.6) is 0 Å². The molecule has 2 rings (SSSR count). The third-order valence-corrected chi connectivity index (χ3v) is 3.93. The normalized spacial score (nSPS) is 11.1. The molecule has 2 heteroatoms. The molecule has 0 nitrogen and oxygen atoms in total. The zero-order valence-electron chi connectivity index (χ0n) is 8.43. The van der Waals surface area contributed by atoms with Crippen LogP contribution in [0.2, 0.25) is 5.02 Å². The van der Waals surface area contributed by atoms with Gasteiger partial charge in [-0.25, -0.2) is 0 Å². The van der Waals surface area contributed by atoms with Crippen LogP contribution in [0.15, 0.2) is 17.5 Å². The lowest BCUT2D eigenvalue weighted by atomic mass is 10.1. The van der Waals surface area contributed by atoms with E-state index in [2.05, 4.69) is 31.4 Å². The average Bonchev–Trinajstić information content (AvgIpc) is 2.58. The topological polar surface area (TPSA) is 0 Å². The molecule has 1 aromatic heterocycles. The summed E-state index contributed by atoms with van der Waals surface area (Å²) in [6.07, 6.45) is 2.11. The van der Waals surface area contributed by atoms with Crippen LogP contribution < -0.4 is 0 Å². The molecule has 2 aromatic rings. The maximum absolute atomic E-state index is 6.16. The fraction of sp³-hybridized carbons (Fsp3) is 0.333. The molecule has 0 N–H and O–H groups in total. The number of halogens is 1. The maximum Gasteiger partial charge on any atom is 0.0452 e. The summed E-state index contributed by atoms with van der Waals surface area (Å²) in [5, 5.41) is 4.53. The number of rotatable bonds is 2. The van der Waals surface area contributed by atoms with E-state index in [0.717, 1.165) is 17.9 Å². The summed E-state index contributed by atoms with van der Waals surface area (Å²) < 4.78 is 1.31. The smallest absolute Gasteiger partial charge is 0.0452 e. The van der Waals surface area contributed by atoms with Crippen molar-refractivity contribution >= 4 is 33.0 Å². The predicted octanol–water partition coefficient (Wildman–Crippen LogP) is 4.68. The molecular weight excluding hydrogens is 212 g/mol. The summed E-state index contributed by atoms with van der Waals surface area (Å²) >= 11 is 7.95. The van der Waals surface area contributed by atoms with Crippen molar-refractivity contribution in [3.63, 3.8) is 0 Å². The first kappa shape index (κ1) is 10.0. The van der Waals surface area contributed by atoms with E-state index in [1.54, 1.807) is 11.3 Å². The summed E-state index contributed by atoms with van der Waals surface area (Å²) in [6.45, 7) is 4.34. The van der Waals surface area contributed by atoms with Gasteiger partial charge in [-0.2, -0.15) is 0 Å². The van der Waals surface area contributed by atoms with Crippen molar-refractivity contribution in [2.75, 3.05) is 0 Å². The quantitative estimate of drug-likeness (QED) is 0.695. The fourth-order valence-corrected chi connectivity index (χ4v) is 3.12. The number of thiophene rings is 1. The lowest BCUT2D eigenvalue weighted by Crippen LogP contribution is -1.83. The minimum atomic E-state index is 0.907. The first-order chi connectivity index (χ1) is 6.76. The summed E-state index contributed by atoms with van der Waals surface area (Å²) in [5.74, 6) is 0. The molecule has 0 spiro atoms. The molecule has 0 amide bonds.